The highest BCUT2D eigenvalue weighted by molar-refractivity contribution is 5.84. The first-order valence-corrected chi connectivity index (χ1v) is 9.40. The number of nitrogens with one attached hydrogen (secondary N) is 1. The molecule has 0 spiro atoms. The Bertz CT molecular complexity index is 1170. The maximum Gasteiger partial charge on any atom is 0.163 e. The van der Waals surface area contributed by atoms with Gasteiger partial charge >= 0.3 is 0 Å². The lowest BCUT2D eigenvalue weighted by Gasteiger charge is -2.08. The van der Waals surface area contributed by atoms with Crippen molar-refractivity contribution in [1.82, 2.24) is 24.5 Å². The Morgan fingerprint density at radius 1 is 1.11 bits per heavy atom. The summed E-state index contributed by atoms with van der Waals surface area (Å²) in [6.45, 7) is 0. The van der Waals surface area contributed by atoms with E-state index < -0.39 is 0 Å². The summed E-state index contributed by atoms with van der Waals surface area (Å²) in [4.78, 5) is 4.68. The molecule has 4 aromatic rings. The summed E-state index contributed by atoms with van der Waals surface area (Å²) in [7, 11) is 5.45. The Morgan fingerprint density at radius 2 is 1.96 bits per heavy atom. The normalized spacial score (nSPS) is 13.8. The number of rotatable bonds is 5. The molecule has 3 heterocycles. The number of ether oxygens (including phenoxy) is 1. The van der Waals surface area contributed by atoms with Crippen molar-refractivity contribution < 1.29 is 4.74 Å². The summed E-state index contributed by atoms with van der Waals surface area (Å²) in [5.41, 5.74) is 4.26. The average molecular weight is 374 g/mol. The molecule has 0 unspecified atom stereocenters. The molecule has 5 rings (SSSR count). The number of hydrogen-bond donors (Lipinski definition) is 1. The van der Waals surface area contributed by atoms with Crippen molar-refractivity contribution in [2.75, 3.05) is 12.4 Å². The zero-order valence-corrected chi connectivity index (χ0v) is 16.2. The predicted octanol–water partition coefficient (Wildman–Crippen LogP) is 4.00. The minimum absolute atomic E-state index is 0.689. The van der Waals surface area contributed by atoms with Crippen molar-refractivity contribution >= 4 is 22.7 Å². The van der Waals surface area contributed by atoms with Crippen LogP contribution in [0.15, 0.2) is 42.6 Å². The van der Waals surface area contributed by atoms with Gasteiger partial charge in [0.25, 0.3) is 0 Å². The topological polar surface area (TPSA) is 69.8 Å². The molecule has 1 N–H and O–H groups in total. The van der Waals surface area contributed by atoms with Crippen molar-refractivity contribution in [3.8, 4) is 17.0 Å². The van der Waals surface area contributed by atoms with Crippen molar-refractivity contribution in [1.29, 1.82) is 0 Å². The van der Waals surface area contributed by atoms with Gasteiger partial charge in [-0.05, 0) is 30.4 Å². The zero-order valence-electron chi connectivity index (χ0n) is 16.2. The quantitative estimate of drug-likeness (QED) is 0.572. The van der Waals surface area contributed by atoms with Crippen LogP contribution in [0, 0.1) is 0 Å². The van der Waals surface area contributed by atoms with Crippen LogP contribution in [0.5, 0.6) is 5.75 Å². The van der Waals surface area contributed by atoms with Gasteiger partial charge in [-0.1, -0.05) is 18.2 Å². The highest BCUT2D eigenvalue weighted by Gasteiger charge is 2.23. The maximum atomic E-state index is 5.51. The molecule has 0 bridgehead atoms. The summed E-state index contributed by atoms with van der Waals surface area (Å²) in [6.07, 6.45) is 4.35. The summed E-state index contributed by atoms with van der Waals surface area (Å²) < 4.78 is 9.08. The maximum absolute atomic E-state index is 5.51. The van der Waals surface area contributed by atoms with Gasteiger partial charge < -0.3 is 10.1 Å². The number of methoxy groups -OCH3 is 1. The van der Waals surface area contributed by atoms with Gasteiger partial charge in [-0.15, -0.1) is 0 Å². The monoisotopic (exact) mass is 374 g/mol. The fourth-order valence-corrected chi connectivity index (χ4v) is 3.54. The molecule has 142 valence electrons. The van der Waals surface area contributed by atoms with Crippen LogP contribution in [-0.2, 0) is 14.1 Å². The molecule has 1 fully saturated rings. The number of fused-ring (bicyclic) bond motifs is 1. The molecule has 1 aromatic carbocycles. The lowest BCUT2D eigenvalue weighted by atomic mass is 10.1. The number of aryl methyl sites for hydroxylation is 2. The lowest BCUT2D eigenvalue weighted by Crippen LogP contribution is -2.02. The minimum atomic E-state index is 0.689. The van der Waals surface area contributed by atoms with Crippen LogP contribution in [0.25, 0.3) is 22.3 Å². The third-order valence-corrected chi connectivity index (χ3v) is 5.25. The second-order valence-corrected chi connectivity index (χ2v) is 7.28. The van der Waals surface area contributed by atoms with Crippen molar-refractivity contribution in [3.63, 3.8) is 0 Å². The van der Waals surface area contributed by atoms with Crippen LogP contribution in [0.4, 0.5) is 11.6 Å². The van der Waals surface area contributed by atoms with Crippen LogP contribution >= 0.6 is 0 Å². The largest absolute Gasteiger partial charge is 0.496 e. The van der Waals surface area contributed by atoms with Gasteiger partial charge in [0.2, 0.25) is 0 Å². The first kappa shape index (κ1) is 16.8. The van der Waals surface area contributed by atoms with Gasteiger partial charge in [-0.3, -0.25) is 9.36 Å². The van der Waals surface area contributed by atoms with E-state index in [0.717, 1.165) is 39.8 Å². The molecule has 0 aliphatic heterocycles. The van der Waals surface area contributed by atoms with E-state index in [9.17, 15) is 0 Å². The highest BCUT2D eigenvalue weighted by atomic mass is 16.5. The van der Waals surface area contributed by atoms with Crippen LogP contribution in [0.1, 0.15) is 24.3 Å². The Balaban J connectivity index is 1.49. The number of pyridine rings is 1. The smallest absolute Gasteiger partial charge is 0.163 e. The third kappa shape index (κ3) is 2.89. The second-order valence-electron chi connectivity index (χ2n) is 7.28. The summed E-state index contributed by atoms with van der Waals surface area (Å²) in [5, 5.41) is 13.2. The molecule has 3 aromatic heterocycles. The number of nitrogens with zero attached hydrogens (tertiary/aromatic N) is 5. The zero-order chi connectivity index (χ0) is 19.3. The van der Waals surface area contributed by atoms with Gasteiger partial charge in [0.15, 0.2) is 5.65 Å². The molecular formula is C21H22N6O. The van der Waals surface area contributed by atoms with Crippen LogP contribution < -0.4 is 10.1 Å². The van der Waals surface area contributed by atoms with E-state index in [0.29, 0.717) is 5.82 Å². The Hall–Kier alpha value is -3.35. The lowest BCUT2D eigenvalue weighted by molar-refractivity contribution is 0.419. The van der Waals surface area contributed by atoms with E-state index in [1.807, 2.05) is 30.9 Å². The number of hydrogen-bond acceptors (Lipinski definition) is 5. The minimum Gasteiger partial charge on any atom is -0.496 e. The predicted molar refractivity (Wildman–Crippen MR) is 109 cm³/mol. The Labute approximate surface area is 163 Å². The molecular weight excluding hydrogens is 352 g/mol. The molecule has 1 saturated carbocycles. The summed E-state index contributed by atoms with van der Waals surface area (Å²) in [6, 6.07) is 12.6. The van der Waals surface area contributed by atoms with Crippen LogP contribution in [0.3, 0.4) is 0 Å². The Kier molecular flexibility index (Phi) is 3.82. The SMILES string of the molecule is COc1cc(Nc2cc(-c3cccc(C4CC4)c3)nn2C)nc2c1cnn2C. The van der Waals surface area contributed by atoms with Gasteiger partial charge in [0.05, 0.1) is 24.4 Å². The molecule has 0 amide bonds. The highest BCUT2D eigenvalue weighted by Crippen LogP contribution is 2.41. The van der Waals surface area contributed by atoms with Crippen molar-refractivity contribution in [3.05, 3.63) is 48.2 Å². The van der Waals surface area contributed by atoms with Crippen LogP contribution in [-0.4, -0.2) is 31.7 Å². The molecule has 0 atom stereocenters. The van der Waals surface area contributed by atoms with E-state index >= 15 is 0 Å². The summed E-state index contributed by atoms with van der Waals surface area (Å²) in [5.74, 6) is 3.01. The van der Waals surface area contributed by atoms with Gasteiger partial charge in [-0.25, -0.2) is 4.98 Å². The van der Waals surface area contributed by atoms with Crippen molar-refractivity contribution in [2.24, 2.45) is 14.1 Å². The fraction of sp³-hybridized carbons (Fsp3) is 0.286. The van der Waals surface area contributed by atoms with Gasteiger partial charge in [-0.2, -0.15) is 10.2 Å². The van der Waals surface area contributed by atoms with Crippen LogP contribution in [0.2, 0.25) is 0 Å². The molecule has 1 aliphatic rings. The number of benzene rings is 1. The van der Waals surface area contributed by atoms with E-state index in [1.54, 1.807) is 18.0 Å². The number of anilines is 2. The van der Waals surface area contributed by atoms with E-state index in [1.165, 1.54) is 18.4 Å². The number of aromatic nitrogens is 5. The van der Waals surface area contributed by atoms with E-state index in [2.05, 4.69) is 44.8 Å². The van der Waals surface area contributed by atoms with Gasteiger partial charge in [0.1, 0.15) is 17.4 Å². The molecule has 0 radical (unpaired) electrons. The Morgan fingerprint density at radius 3 is 2.75 bits per heavy atom. The van der Waals surface area contributed by atoms with E-state index in [4.69, 9.17) is 4.74 Å². The first-order chi connectivity index (χ1) is 13.6. The molecule has 28 heavy (non-hydrogen) atoms. The third-order valence-electron chi connectivity index (χ3n) is 5.25. The molecule has 7 nitrogen and oxygen atoms in total. The van der Waals surface area contributed by atoms with Crippen molar-refractivity contribution in [2.45, 2.75) is 18.8 Å². The van der Waals surface area contributed by atoms with E-state index in [-0.39, 0.29) is 0 Å². The van der Waals surface area contributed by atoms with Gasteiger partial charge in [0, 0.05) is 31.8 Å². The first-order valence-electron chi connectivity index (χ1n) is 9.40. The molecule has 0 saturated heterocycles. The second kappa shape index (κ2) is 6.37. The summed E-state index contributed by atoms with van der Waals surface area (Å²) >= 11 is 0. The standard InChI is InChI=1S/C21H22N6O/c1-26-20(10-17(25-26)15-6-4-5-14(9-15)13-7-8-13)23-19-11-18(28-3)16-12-22-27(2)21(16)24-19/h4-6,9-13H,7-8H2,1-3H3,(H,23,24). The average Bonchev–Trinajstić information content (AvgIpc) is 3.41. The molecule has 7 heteroatoms. The fourth-order valence-electron chi connectivity index (χ4n) is 3.54. The molecule has 1 aliphatic carbocycles.